The zero-order valence-electron chi connectivity index (χ0n) is 29.9. The average Bonchev–Trinajstić information content (AvgIpc) is 3.46. The lowest BCUT2D eigenvalue weighted by molar-refractivity contribution is 0.242. The van der Waals surface area contributed by atoms with Crippen LogP contribution in [0.5, 0.6) is 17.2 Å². The molecule has 51 heavy (non-hydrogen) atoms. The highest BCUT2D eigenvalue weighted by atomic mass is 32.2. The third-order valence-corrected chi connectivity index (χ3v) is 12.5. The van der Waals surface area contributed by atoms with Crippen LogP contribution in [0.4, 0.5) is 0 Å². The van der Waals surface area contributed by atoms with E-state index in [0.717, 1.165) is 35.3 Å². The maximum absolute atomic E-state index is 13.5. The predicted molar refractivity (Wildman–Crippen MR) is 206 cm³/mol. The fourth-order valence-corrected chi connectivity index (χ4v) is 8.77. The summed E-state index contributed by atoms with van der Waals surface area (Å²) in [7, 11) is -3.67. The highest BCUT2D eigenvalue weighted by molar-refractivity contribution is 7.91. The van der Waals surface area contributed by atoms with Crippen LogP contribution >= 0.6 is 0 Å². The van der Waals surface area contributed by atoms with Crippen LogP contribution in [-0.4, -0.2) is 14.5 Å². The molecule has 0 aliphatic heterocycles. The first-order valence-electron chi connectivity index (χ1n) is 17.8. The lowest BCUT2D eigenvalue weighted by Gasteiger charge is -2.34. The van der Waals surface area contributed by atoms with Gasteiger partial charge in [0, 0.05) is 0 Å². The van der Waals surface area contributed by atoms with Gasteiger partial charge in [0.15, 0.2) is 0 Å². The smallest absolute Gasteiger partial charge is 0.206 e. The van der Waals surface area contributed by atoms with Gasteiger partial charge in [0.1, 0.15) is 17.2 Å². The molecule has 0 atom stereocenters. The third-order valence-electron chi connectivity index (χ3n) is 10.7. The number of hydrogen-bond donors (Lipinski definition) is 0. The molecule has 0 unspecified atom stereocenters. The number of benzene rings is 6. The largest absolute Gasteiger partial charge is 0.491 e. The summed E-state index contributed by atoms with van der Waals surface area (Å²) in [4.78, 5) is 0.521. The average molecular weight is 693 g/mol. The van der Waals surface area contributed by atoms with Crippen LogP contribution in [-0.2, 0) is 20.7 Å². The number of hydrogen-bond acceptors (Lipinski definition) is 4. The van der Waals surface area contributed by atoms with Gasteiger partial charge >= 0.3 is 0 Å². The lowest BCUT2D eigenvalue weighted by atomic mass is 9.68. The number of fused-ring (bicyclic) bond motifs is 3. The van der Waals surface area contributed by atoms with E-state index in [1.54, 1.807) is 36.4 Å². The molecular weight excluding hydrogens is 649 g/mol. The summed E-state index contributed by atoms with van der Waals surface area (Å²) in [6.45, 7) is 10.6. The predicted octanol–water partition coefficient (Wildman–Crippen LogP) is 11.5. The molecule has 0 radical (unpaired) electrons. The Morgan fingerprint density at radius 3 is 1.43 bits per heavy atom. The Kier molecular flexibility index (Phi) is 9.11. The van der Waals surface area contributed by atoms with Crippen molar-refractivity contribution in [3.63, 3.8) is 0 Å². The zero-order chi connectivity index (χ0) is 35.8. The summed E-state index contributed by atoms with van der Waals surface area (Å²) in [5.74, 6) is 2.07. The molecule has 0 fully saturated rings. The minimum atomic E-state index is -3.67. The van der Waals surface area contributed by atoms with Gasteiger partial charge in [-0.25, -0.2) is 8.42 Å². The third kappa shape index (κ3) is 6.04. The van der Waals surface area contributed by atoms with Crippen LogP contribution < -0.4 is 9.47 Å². The summed E-state index contributed by atoms with van der Waals surface area (Å²) >= 11 is 0. The van der Waals surface area contributed by atoms with Crippen molar-refractivity contribution in [2.24, 2.45) is 0 Å². The van der Waals surface area contributed by atoms with Gasteiger partial charge in [-0.3, -0.25) is 0 Å². The van der Waals surface area contributed by atoms with E-state index in [-0.39, 0.29) is 21.3 Å². The van der Waals surface area contributed by atoms with Crippen molar-refractivity contribution in [2.75, 3.05) is 0 Å². The molecule has 0 heterocycles. The molecule has 1 aliphatic rings. The molecule has 6 aromatic carbocycles. The van der Waals surface area contributed by atoms with Crippen molar-refractivity contribution in [3.8, 4) is 28.4 Å². The lowest BCUT2D eigenvalue weighted by Crippen LogP contribution is -2.28. The molecule has 0 amide bonds. The van der Waals surface area contributed by atoms with Crippen molar-refractivity contribution in [2.45, 2.75) is 74.2 Å². The maximum Gasteiger partial charge on any atom is 0.206 e. The molecule has 0 spiro atoms. The molecule has 1 aliphatic carbocycles. The Labute approximate surface area is 302 Å². The van der Waals surface area contributed by atoms with Crippen molar-refractivity contribution in [1.29, 1.82) is 0 Å². The molecule has 0 bridgehead atoms. The first kappa shape index (κ1) is 34.3. The van der Waals surface area contributed by atoms with Crippen LogP contribution in [0.1, 0.15) is 75.3 Å². The summed E-state index contributed by atoms with van der Waals surface area (Å²) < 4.78 is 39.3. The maximum atomic E-state index is 13.5. The van der Waals surface area contributed by atoms with E-state index in [4.69, 9.17) is 9.47 Å². The molecule has 7 rings (SSSR count). The Balaban J connectivity index is 1.18. The van der Waals surface area contributed by atoms with E-state index in [1.807, 2.05) is 38.1 Å². The first-order chi connectivity index (χ1) is 24.6. The summed E-state index contributed by atoms with van der Waals surface area (Å²) in [6, 6.07) is 48.0. The fraction of sp³-hybridized carbons (Fsp3) is 0.217. The van der Waals surface area contributed by atoms with E-state index in [2.05, 4.69) is 106 Å². The summed E-state index contributed by atoms with van der Waals surface area (Å²) in [5, 5.41) is 0. The second-order valence-electron chi connectivity index (χ2n) is 13.9. The van der Waals surface area contributed by atoms with Gasteiger partial charge in [-0.2, -0.15) is 0 Å². The number of rotatable bonds is 11. The van der Waals surface area contributed by atoms with Gasteiger partial charge < -0.3 is 9.47 Å². The molecule has 0 saturated heterocycles. The highest BCUT2D eigenvalue weighted by Gasteiger charge is 2.45. The molecule has 258 valence electrons. The molecule has 5 heteroatoms. The number of ether oxygens (including phenoxy) is 2. The summed E-state index contributed by atoms with van der Waals surface area (Å²) in [5.41, 5.74) is 7.83. The topological polar surface area (TPSA) is 52.6 Å². The summed E-state index contributed by atoms with van der Waals surface area (Å²) in [6.07, 6.45) is 2.07. The van der Waals surface area contributed by atoms with Gasteiger partial charge in [-0.1, -0.05) is 106 Å². The monoisotopic (exact) mass is 692 g/mol. The molecule has 0 saturated carbocycles. The quantitative estimate of drug-likeness (QED) is 0.135. The Bertz CT molecular complexity index is 2200. The molecule has 6 aromatic rings. The van der Waals surface area contributed by atoms with Crippen LogP contribution in [0.3, 0.4) is 0 Å². The van der Waals surface area contributed by atoms with Crippen molar-refractivity contribution < 1.29 is 17.9 Å². The SMILES string of the molecule is CCC(C)(CC)c1ccc(S(=O)(=O)c2ccc(Oc3ccc(C4(c5ccc(OC(C)C)cc5)c5ccccc5-c5ccccc54)cc3)cc2)cc1. The minimum Gasteiger partial charge on any atom is -0.491 e. The molecule has 4 nitrogen and oxygen atoms in total. The minimum absolute atomic E-state index is 0.0281. The Morgan fingerprint density at radius 2 is 0.980 bits per heavy atom. The van der Waals surface area contributed by atoms with Crippen LogP contribution in [0.15, 0.2) is 155 Å². The normalized spacial score (nSPS) is 13.5. The van der Waals surface area contributed by atoms with Gasteiger partial charge in [0.2, 0.25) is 9.84 Å². The highest BCUT2D eigenvalue weighted by Crippen LogP contribution is 2.56. The van der Waals surface area contributed by atoms with E-state index >= 15 is 0 Å². The van der Waals surface area contributed by atoms with Gasteiger partial charge in [0.05, 0.1) is 21.3 Å². The number of sulfone groups is 1. The van der Waals surface area contributed by atoms with E-state index < -0.39 is 15.3 Å². The van der Waals surface area contributed by atoms with Gasteiger partial charge in [-0.05, 0) is 132 Å². The Morgan fingerprint density at radius 1 is 0.569 bits per heavy atom. The van der Waals surface area contributed by atoms with Crippen molar-refractivity contribution in [1.82, 2.24) is 0 Å². The molecular formula is C46H44O4S. The molecule has 0 aromatic heterocycles. The fourth-order valence-electron chi connectivity index (χ4n) is 7.51. The van der Waals surface area contributed by atoms with Gasteiger partial charge in [0.25, 0.3) is 0 Å². The zero-order valence-corrected chi connectivity index (χ0v) is 30.7. The van der Waals surface area contributed by atoms with Gasteiger partial charge in [-0.15, -0.1) is 0 Å². The van der Waals surface area contributed by atoms with Crippen LogP contribution in [0.2, 0.25) is 0 Å². The second-order valence-corrected chi connectivity index (χ2v) is 15.9. The van der Waals surface area contributed by atoms with E-state index in [0.29, 0.717) is 11.5 Å². The molecule has 0 N–H and O–H groups in total. The van der Waals surface area contributed by atoms with Crippen LogP contribution in [0.25, 0.3) is 11.1 Å². The standard InChI is InChI=1S/C46H44O4S/c1-6-45(5,7-2)33-20-28-39(29-21-33)51(47,48)40-30-26-38(27-31-40)50-37-24-18-35(19-25-37)46(34-16-22-36(23-17-34)49-32(3)4)43-14-10-8-12-41(43)42-13-9-11-15-44(42)46/h8-32H,6-7H2,1-5H3. The van der Waals surface area contributed by atoms with E-state index in [9.17, 15) is 8.42 Å². The second kappa shape index (κ2) is 13.5. The van der Waals surface area contributed by atoms with E-state index in [1.165, 1.54) is 22.3 Å². The first-order valence-corrected chi connectivity index (χ1v) is 19.3. The Hall–Kier alpha value is -5.13. The van der Waals surface area contributed by atoms with Crippen molar-refractivity contribution in [3.05, 3.63) is 173 Å². The van der Waals surface area contributed by atoms with Crippen LogP contribution in [0, 0.1) is 0 Å². The van der Waals surface area contributed by atoms with Crippen molar-refractivity contribution >= 4 is 9.84 Å².